The van der Waals surface area contributed by atoms with Gasteiger partial charge in [-0.05, 0) is 62.1 Å². The molecule has 0 unspecified atom stereocenters. The van der Waals surface area contributed by atoms with E-state index >= 15 is 0 Å². The molecule has 0 saturated heterocycles. The molecule has 2 rings (SSSR count). The Labute approximate surface area is 417 Å². The van der Waals surface area contributed by atoms with Crippen molar-refractivity contribution in [2.75, 3.05) is 59.7 Å². The van der Waals surface area contributed by atoms with Gasteiger partial charge >= 0.3 is 0 Å². The quantitative estimate of drug-likeness (QED) is 0.0660. The van der Waals surface area contributed by atoms with E-state index in [1.807, 2.05) is 24.3 Å². The fourth-order valence-electron chi connectivity index (χ4n) is 8.63. The first-order valence-corrected chi connectivity index (χ1v) is 28.3. The summed E-state index contributed by atoms with van der Waals surface area (Å²) in [5, 5.41) is 10.1. The van der Waals surface area contributed by atoms with Gasteiger partial charge in [-0.2, -0.15) is 0 Å². The molecular weight excluding hydrogens is 849 g/mol. The number of nitrogens with zero attached hydrogens (tertiary/aromatic N) is 2. The molecule has 0 spiro atoms. The Bertz CT molecular complexity index is 1520. The summed E-state index contributed by atoms with van der Waals surface area (Å²) in [5.41, 5.74) is 0.984. The van der Waals surface area contributed by atoms with Gasteiger partial charge in [-0.25, -0.2) is 0 Å². The summed E-state index contributed by atoms with van der Waals surface area (Å²) in [7, 11) is 1.76. The summed E-state index contributed by atoms with van der Waals surface area (Å²) in [6, 6.07) is 10.9. The van der Waals surface area contributed by atoms with Gasteiger partial charge in [0.2, 0.25) is 0 Å². The van der Waals surface area contributed by atoms with Crippen molar-refractivity contribution >= 4 is 11.8 Å². The number of hydrogen-bond donors (Lipinski definition) is 1. The van der Waals surface area contributed by atoms with Crippen molar-refractivity contribution in [1.29, 1.82) is 0 Å². The molecule has 0 aliphatic heterocycles. The van der Waals surface area contributed by atoms with E-state index in [0.29, 0.717) is 60.6 Å². The number of unbranched alkanes of at least 4 members (excludes halogenated alkanes) is 28. The molecule has 9 heteroatoms. The fourth-order valence-corrected chi connectivity index (χ4v) is 8.63. The molecule has 0 bridgehead atoms. The van der Waals surface area contributed by atoms with Gasteiger partial charge in [-0.1, -0.05) is 207 Å². The average molecular weight is 951 g/mol. The number of carbonyl (C=O) groups is 2. The molecule has 0 saturated carbocycles. The standard InChI is InChI=1S/C59H102N2O7/c1-6-10-14-18-22-26-30-34-46-65-54-40-38-52(50-56(54)67-48-36-32-28-24-20-16-12-8-3)58(63)60(5)42-43-61(44-45-62)59(64)53-39-41-55(66-47-35-31-27-23-19-15-11-7-2)57(51-53)68-49-37-33-29-25-21-17-13-9-4/h38-41,50-51,62H,6-37,42-49H2,1-5H3. The number of likely N-dealkylation sites (N-methyl/N-ethyl adjacent to an activating group) is 1. The van der Waals surface area contributed by atoms with Gasteiger partial charge in [0.25, 0.3) is 11.8 Å². The van der Waals surface area contributed by atoms with Crippen LogP contribution in [0, 0.1) is 0 Å². The lowest BCUT2D eigenvalue weighted by molar-refractivity contribution is 0.0662. The third kappa shape index (κ3) is 28.9. The minimum Gasteiger partial charge on any atom is -0.490 e. The summed E-state index contributed by atoms with van der Waals surface area (Å²) in [6.07, 6.45) is 39.1. The van der Waals surface area contributed by atoms with Gasteiger partial charge in [0.05, 0.1) is 33.0 Å². The number of ether oxygens (including phenoxy) is 4. The third-order valence-corrected chi connectivity index (χ3v) is 13.1. The summed E-state index contributed by atoms with van der Waals surface area (Å²) in [6.45, 7) is 11.9. The normalized spacial score (nSPS) is 11.2. The average Bonchev–Trinajstić information content (AvgIpc) is 3.35. The Morgan fingerprint density at radius 2 is 0.676 bits per heavy atom. The summed E-state index contributed by atoms with van der Waals surface area (Å²) < 4.78 is 25.2. The molecule has 0 radical (unpaired) electrons. The van der Waals surface area contributed by atoms with Crippen LogP contribution in [0.5, 0.6) is 23.0 Å². The fraction of sp³-hybridized carbons (Fsp3) is 0.763. The summed E-state index contributed by atoms with van der Waals surface area (Å²) in [4.78, 5) is 31.3. The Morgan fingerprint density at radius 3 is 1.00 bits per heavy atom. The van der Waals surface area contributed by atoms with Crippen molar-refractivity contribution in [2.24, 2.45) is 0 Å². The first-order chi connectivity index (χ1) is 33.4. The van der Waals surface area contributed by atoms with Crippen molar-refractivity contribution < 1.29 is 33.6 Å². The molecule has 390 valence electrons. The van der Waals surface area contributed by atoms with Crippen LogP contribution < -0.4 is 18.9 Å². The molecule has 0 fully saturated rings. The van der Waals surface area contributed by atoms with Crippen LogP contribution in [0.2, 0.25) is 0 Å². The Hall–Kier alpha value is -3.46. The van der Waals surface area contributed by atoms with Crippen molar-refractivity contribution in [1.82, 2.24) is 9.80 Å². The summed E-state index contributed by atoms with van der Waals surface area (Å²) in [5.74, 6) is 2.14. The van der Waals surface area contributed by atoms with Gasteiger partial charge < -0.3 is 33.9 Å². The van der Waals surface area contributed by atoms with Crippen molar-refractivity contribution in [3.05, 3.63) is 47.5 Å². The number of rotatable bonds is 47. The van der Waals surface area contributed by atoms with Crippen molar-refractivity contribution in [3.8, 4) is 23.0 Å². The predicted molar refractivity (Wildman–Crippen MR) is 285 cm³/mol. The number of carbonyl (C=O) groups excluding carboxylic acids is 2. The molecule has 2 amide bonds. The van der Waals surface area contributed by atoms with Crippen molar-refractivity contribution in [3.63, 3.8) is 0 Å². The number of hydrogen-bond acceptors (Lipinski definition) is 7. The monoisotopic (exact) mass is 951 g/mol. The number of aliphatic hydroxyl groups is 1. The molecule has 0 aliphatic carbocycles. The highest BCUT2D eigenvalue weighted by Gasteiger charge is 2.21. The van der Waals surface area contributed by atoms with E-state index in [4.69, 9.17) is 18.9 Å². The molecule has 2 aromatic rings. The highest BCUT2D eigenvalue weighted by atomic mass is 16.5. The number of benzene rings is 2. The van der Waals surface area contributed by atoms with Gasteiger partial charge in [-0.15, -0.1) is 0 Å². The molecule has 0 heterocycles. The van der Waals surface area contributed by atoms with E-state index in [9.17, 15) is 14.7 Å². The topological polar surface area (TPSA) is 97.8 Å². The lowest BCUT2D eigenvalue weighted by atomic mass is 10.1. The van der Waals surface area contributed by atoms with Gasteiger partial charge in [0.15, 0.2) is 23.0 Å². The van der Waals surface area contributed by atoms with Crippen LogP contribution in [0.3, 0.4) is 0 Å². The number of aliphatic hydroxyl groups excluding tert-OH is 1. The van der Waals surface area contributed by atoms with Crippen LogP contribution in [0.15, 0.2) is 36.4 Å². The molecule has 0 aromatic heterocycles. The zero-order chi connectivity index (χ0) is 49.1. The van der Waals surface area contributed by atoms with Crippen LogP contribution in [0.4, 0.5) is 0 Å². The van der Waals surface area contributed by atoms with Crippen LogP contribution >= 0.6 is 0 Å². The van der Waals surface area contributed by atoms with Gasteiger partial charge in [-0.3, -0.25) is 9.59 Å². The Balaban J connectivity index is 2.08. The lowest BCUT2D eigenvalue weighted by Crippen LogP contribution is -2.40. The smallest absolute Gasteiger partial charge is 0.254 e. The zero-order valence-corrected chi connectivity index (χ0v) is 44.5. The molecule has 0 atom stereocenters. The van der Waals surface area contributed by atoms with E-state index in [1.165, 1.54) is 154 Å². The van der Waals surface area contributed by atoms with Crippen LogP contribution in [-0.4, -0.2) is 86.4 Å². The number of amides is 2. The van der Waals surface area contributed by atoms with Crippen molar-refractivity contribution in [2.45, 2.75) is 233 Å². The SMILES string of the molecule is CCCCCCCCCCOc1ccc(C(=O)N(C)CCN(CCO)C(=O)c2ccc(OCCCCCCCCCC)c(OCCCCCCCCCC)c2)cc1OCCCCCCCCCC. The van der Waals surface area contributed by atoms with E-state index in [0.717, 1.165) is 51.4 Å². The highest BCUT2D eigenvalue weighted by molar-refractivity contribution is 5.96. The predicted octanol–water partition coefficient (Wildman–Crippen LogP) is 16.0. The second-order valence-electron chi connectivity index (χ2n) is 19.4. The molecule has 9 nitrogen and oxygen atoms in total. The maximum atomic E-state index is 14.1. The zero-order valence-electron chi connectivity index (χ0n) is 44.5. The molecule has 0 aliphatic rings. The van der Waals surface area contributed by atoms with Crippen LogP contribution in [0.25, 0.3) is 0 Å². The lowest BCUT2D eigenvalue weighted by Gasteiger charge is -2.26. The molecule has 2 aromatic carbocycles. The largest absolute Gasteiger partial charge is 0.490 e. The summed E-state index contributed by atoms with van der Waals surface area (Å²) >= 11 is 0. The molecular formula is C59H102N2O7. The maximum Gasteiger partial charge on any atom is 0.254 e. The Kier molecular flexibility index (Phi) is 37.8. The van der Waals surface area contributed by atoms with E-state index < -0.39 is 0 Å². The molecule has 1 N–H and O–H groups in total. The highest BCUT2D eigenvalue weighted by Crippen LogP contribution is 2.31. The first-order valence-electron chi connectivity index (χ1n) is 28.3. The second-order valence-corrected chi connectivity index (χ2v) is 19.4. The maximum absolute atomic E-state index is 14.1. The van der Waals surface area contributed by atoms with E-state index in [-0.39, 0.29) is 38.1 Å². The minimum atomic E-state index is -0.221. The van der Waals surface area contributed by atoms with E-state index in [1.54, 1.807) is 29.0 Å². The second kappa shape index (κ2) is 42.4. The van der Waals surface area contributed by atoms with Gasteiger partial charge in [0, 0.05) is 37.8 Å². The third-order valence-electron chi connectivity index (χ3n) is 13.1. The van der Waals surface area contributed by atoms with Gasteiger partial charge in [0.1, 0.15) is 0 Å². The van der Waals surface area contributed by atoms with Crippen LogP contribution in [0.1, 0.15) is 254 Å². The minimum absolute atomic E-state index is 0.146. The first kappa shape index (κ1) is 60.7. The molecule has 68 heavy (non-hydrogen) atoms. The Morgan fingerprint density at radius 1 is 0.382 bits per heavy atom. The van der Waals surface area contributed by atoms with E-state index in [2.05, 4.69) is 27.7 Å². The van der Waals surface area contributed by atoms with Crippen LogP contribution in [-0.2, 0) is 0 Å².